The van der Waals surface area contributed by atoms with Gasteiger partial charge in [0.1, 0.15) is 0 Å². The number of rotatable bonds is 5. The van der Waals surface area contributed by atoms with Crippen LogP contribution in [0.3, 0.4) is 0 Å². The zero-order chi connectivity index (χ0) is 15.2. The summed E-state index contributed by atoms with van der Waals surface area (Å²) in [7, 11) is 0. The summed E-state index contributed by atoms with van der Waals surface area (Å²) in [5, 5.41) is 3.48. The Hall–Kier alpha value is -1.26. The fourth-order valence-electron chi connectivity index (χ4n) is 2.50. The van der Waals surface area contributed by atoms with E-state index >= 15 is 0 Å². The maximum Gasteiger partial charge on any atom is 0.321 e. The molecule has 1 saturated heterocycles. The molecule has 1 aromatic rings. The molecule has 1 fully saturated rings. The van der Waals surface area contributed by atoms with Crippen LogP contribution in [-0.2, 0) is 4.74 Å². The maximum atomic E-state index is 12.4. The number of aryl methyl sites for hydroxylation is 1. The van der Waals surface area contributed by atoms with Gasteiger partial charge in [-0.15, -0.1) is 0 Å². The Kier molecular flexibility index (Phi) is 5.88. The SMILES string of the molecule is CCCN(C[C@H]1CCOC1)C(=O)Nc1ccc(C)cc1Cl. The maximum absolute atomic E-state index is 12.4. The van der Waals surface area contributed by atoms with Crippen molar-refractivity contribution in [3.8, 4) is 0 Å². The molecule has 116 valence electrons. The lowest BCUT2D eigenvalue weighted by Gasteiger charge is -2.25. The molecule has 1 atom stereocenters. The first-order chi connectivity index (χ1) is 10.1. The first kappa shape index (κ1) is 16.1. The van der Waals surface area contributed by atoms with Gasteiger partial charge in [-0.2, -0.15) is 0 Å². The van der Waals surface area contributed by atoms with Crippen molar-refractivity contribution in [2.45, 2.75) is 26.7 Å². The first-order valence-corrected chi connectivity index (χ1v) is 7.87. The van der Waals surface area contributed by atoms with Crippen molar-refractivity contribution in [1.29, 1.82) is 0 Å². The Bertz CT molecular complexity index is 487. The van der Waals surface area contributed by atoms with Gasteiger partial charge in [0.05, 0.1) is 17.3 Å². The molecule has 2 rings (SSSR count). The number of urea groups is 1. The predicted octanol–water partition coefficient (Wildman–Crippen LogP) is 3.93. The highest BCUT2D eigenvalue weighted by Gasteiger charge is 2.22. The van der Waals surface area contributed by atoms with Gasteiger partial charge >= 0.3 is 6.03 Å². The standard InChI is InChI=1S/C16H23ClN2O2/c1-3-7-19(10-13-6-8-21-11-13)16(20)18-15-5-4-12(2)9-14(15)17/h4-5,9,13H,3,6-8,10-11H2,1-2H3,(H,18,20)/t13-/m1/s1. The second-order valence-corrected chi connectivity index (χ2v) is 6.00. The molecule has 2 amide bonds. The van der Waals surface area contributed by atoms with E-state index in [-0.39, 0.29) is 6.03 Å². The lowest BCUT2D eigenvalue weighted by atomic mass is 10.1. The molecule has 0 unspecified atom stereocenters. The van der Waals surface area contributed by atoms with Gasteiger partial charge in [-0.1, -0.05) is 24.6 Å². The molecule has 0 aromatic heterocycles. The zero-order valence-corrected chi connectivity index (χ0v) is 13.4. The minimum Gasteiger partial charge on any atom is -0.381 e. The smallest absolute Gasteiger partial charge is 0.321 e. The second kappa shape index (κ2) is 7.66. The number of carbonyl (C=O) groups is 1. The summed E-state index contributed by atoms with van der Waals surface area (Å²) in [4.78, 5) is 14.3. The summed E-state index contributed by atoms with van der Waals surface area (Å²) in [6, 6.07) is 5.55. The second-order valence-electron chi connectivity index (χ2n) is 5.59. The Balaban J connectivity index is 1.99. The van der Waals surface area contributed by atoms with Crippen LogP contribution >= 0.6 is 11.6 Å². The van der Waals surface area contributed by atoms with Crippen molar-refractivity contribution in [2.75, 3.05) is 31.6 Å². The van der Waals surface area contributed by atoms with Gasteiger partial charge in [0.2, 0.25) is 0 Å². The molecule has 5 heteroatoms. The van der Waals surface area contributed by atoms with Crippen molar-refractivity contribution in [3.05, 3.63) is 28.8 Å². The molecule has 1 aromatic carbocycles. The Morgan fingerprint density at radius 2 is 2.33 bits per heavy atom. The third-order valence-corrected chi connectivity index (χ3v) is 3.96. The molecule has 0 saturated carbocycles. The number of hydrogen-bond donors (Lipinski definition) is 1. The molecular weight excluding hydrogens is 288 g/mol. The average Bonchev–Trinajstić information content (AvgIpc) is 2.94. The van der Waals surface area contributed by atoms with Crippen LogP contribution in [0.15, 0.2) is 18.2 Å². The molecule has 1 aliphatic heterocycles. The van der Waals surface area contributed by atoms with Gasteiger partial charge in [-0.25, -0.2) is 4.79 Å². The molecule has 1 heterocycles. The Morgan fingerprint density at radius 3 is 2.95 bits per heavy atom. The molecular formula is C16H23ClN2O2. The normalized spacial score (nSPS) is 17.8. The van der Waals surface area contributed by atoms with Crippen molar-refractivity contribution in [3.63, 3.8) is 0 Å². The van der Waals surface area contributed by atoms with E-state index in [0.29, 0.717) is 16.6 Å². The summed E-state index contributed by atoms with van der Waals surface area (Å²) in [6.45, 7) is 7.08. The van der Waals surface area contributed by atoms with Crippen molar-refractivity contribution in [1.82, 2.24) is 4.90 Å². The minimum atomic E-state index is -0.0884. The third-order valence-electron chi connectivity index (χ3n) is 3.65. The van der Waals surface area contributed by atoms with Crippen molar-refractivity contribution >= 4 is 23.3 Å². The van der Waals surface area contributed by atoms with E-state index in [1.54, 1.807) is 0 Å². The minimum absolute atomic E-state index is 0.0884. The number of nitrogens with zero attached hydrogens (tertiary/aromatic N) is 1. The number of ether oxygens (including phenoxy) is 1. The van der Waals surface area contributed by atoms with Crippen molar-refractivity contribution in [2.24, 2.45) is 5.92 Å². The average molecular weight is 311 g/mol. The molecule has 1 N–H and O–H groups in total. The molecule has 0 bridgehead atoms. The van der Waals surface area contributed by atoms with E-state index in [9.17, 15) is 4.79 Å². The highest BCUT2D eigenvalue weighted by molar-refractivity contribution is 6.33. The Morgan fingerprint density at radius 1 is 1.52 bits per heavy atom. The number of amides is 2. The van der Waals surface area contributed by atoms with Gasteiger partial charge < -0.3 is 15.0 Å². The largest absolute Gasteiger partial charge is 0.381 e. The van der Waals surface area contributed by atoms with Crippen LogP contribution in [0.2, 0.25) is 5.02 Å². The third kappa shape index (κ3) is 4.61. The fraction of sp³-hybridized carbons (Fsp3) is 0.562. The van der Waals surface area contributed by atoms with E-state index in [2.05, 4.69) is 12.2 Å². The summed E-state index contributed by atoms with van der Waals surface area (Å²) in [5.74, 6) is 0.441. The molecule has 4 nitrogen and oxygen atoms in total. The lowest BCUT2D eigenvalue weighted by molar-refractivity contribution is 0.169. The number of carbonyl (C=O) groups excluding carboxylic acids is 1. The fourth-order valence-corrected chi connectivity index (χ4v) is 2.78. The highest BCUT2D eigenvalue weighted by atomic mass is 35.5. The lowest BCUT2D eigenvalue weighted by Crippen LogP contribution is -2.39. The van der Waals surface area contributed by atoms with E-state index in [0.717, 1.165) is 44.7 Å². The van der Waals surface area contributed by atoms with E-state index in [1.807, 2.05) is 30.0 Å². The van der Waals surface area contributed by atoms with Crippen LogP contribution < -0.4 is 5.32 Å². The van der Waals surface area contributed by atoms with Crippen LogP contribution in [0.5, 0.6) is 0 Å². The monoisotopic (exact) mass is 310 g/mol. The molecule has 0 spiro atoms. The number of hydrogen-bond acceptors (Lipinski definition) is 2. The number of halogens is 1. The van der Waals surface area contributed by atoms with Gasteiger partial charge in [0.15, 0.2) is 0 Å². The van der Waals surface area contributed by atoms with Crippen LogP contribution in [0.25, 0.3) is 0 Å². The van der Waals surface area contributed by atoms with Crippen LogP contribution in [0, 0.1) is 12.8 Å². The molecule has 0 aliphatic carbocycles. The van der Waals surface area contributed by atoms with Crippen molar-refractivity contribution < 1.29 is 9.53 Å². The van der Waals surface area contributed by atoms with Crippen LogP contribution in [0.1, 0.15) is 25.3 Å². The van der Waals surface area contributed by atoms with Crippen LogP contribution in [-0.4, -0.2) is 37.2 Å². The zero-order valence-electron chi connectivity index (χ0n) is 12.7. The number of anilines is 1. The predicted molar refractivity (Wildman–Crippen MR) is 86.0 cm³/mol. The number of benzene rings is 1. The van der Waals surface area contributed by atoms with E-state index < -0.39 is 0 Å². The quantitative estimate of drug-likeness (QED) is 0.895. The first-order valence-electron chi connectivity index (χ1n) is 7.50. The topological polar surface area (TPSA) is 41.6 Å². The van der Waals surface area contributed by atoms with Crippen LogP contribution in [0.4, 0.5) is 10.5 Å². The van der Waals surface area contributed by atoms with Gasteiger partial charge in [-0.3, -0.25) is 0 Å². The summed E-state index contributed by atoms with van der Waals surface area (Å²) < 4.78 is 5.39. The Labute approximate surface area is 131 Å². The van der Waals surface area contributed by atoms with E-state index in [4.69, 9.17) is 16.3 Å². The summed E-state index contributed by atoms with van der Waals surface area (Å²) in [6.07, 6.45) is 1.96. The summed E-state index contributed by atoms with van der Waals surface area (Å²) >= 11 is 6.17. The van der Waals surface area contributed by atoms with E-state index in [1.165, 1.54) is 0 Å². The molecule has 0 radical (unpaired) electrons. The summed E-state index contributed by atoms with van der Waals surface area (Å²) in [5.41, 5.74) is 1.74. The van der Waals surface area contributed by atoms with Gasteiger partial charge in [-0.05, 0) is 37.5 Å². The van der Waals surface area contributed by atoms with Gasteiger partial charge in [0.25, 0.3) is 0 Å². The highest BCUT2D eigenvalue weighted by Crippen LogP contribution is 2.23. The number of nitrogens with one attached hydrogen (secondary N) is 1. The molecule has 21 heavy (non-hydrogen) atoms. The van der Waals surface area contributed by atoms with Gasteiger partial charge in [0, 0.05) is 25.6 Å². The molecule has 1 aliphatic rings.